The third kappa shape index (κ3) is 5.91. The van der Waals surface area contributed by atoms with Gasteiger partial charge in [-0.3, -0.25) is 9.59 Å². The van der Waals surface area contributed by atoms with Gasteiger partial charge in [-0.1, -0.05) is 53.0 Å². The molecule has 8 nitrogen and oxygen atoms in total. The molecular weight excluding hydrogens is 571 g/mol. The number of carbonyl (C=O) groups is 1. The van der Waals surface area contributed by atoms with Gasteiger partial charge >= 0.3 is 0 Å². The zero-order valence-electron chi connectivity index (χ0n) is 19.8. The number of benzene rings is 2. The molecule has 1 aliphatic rings. The molecule has 0 unspecified atom stereocenters. The zero-order valence-corrected chi connectivity index (χ0v) is 22.9. The summed E-state index contributed by atoms with van der Waals surface area (Å²) in [7, 11) is 0. The third-order valence-corrected chi connectivity index (χ3v) is 6.99. The Morgan fingerprint density at radius 2 is 1.94 bits per heavy atom. The highest BCUT2D eigenvalue weighted by atomic mass is 79.9. The molecule has 0 bridgehead atoms. The predicted octanol–water partition coefficient (Wildman–Crippen LogP) is 5.10. The van der Waals surface area contributed by atoms with E-state index >= 15 is 0 Å². The van der Waals surface area contributed by atoms with Crippen LogP contribution in [-0.4, -0.2) is 59.6 Å². The van der Waals surface area contributed by atoms with Crippen LogP contribution in [0.2, 0.25) is 10.0 Å². The zero-order chi connectivity index (χ0) is 25.8. The molecule has 1 aliphatic heterocycles. The first-order valence-electron chi connectivity index (χ1n) is 11.5. The molecule has 3 aromatic rings. The second-order valence-corrected chi connectivity index (χ2v) is 10.1. The first-order chi connectivity index (χ1) is 17.3. The fourth-order valence-corrected chi connectivity index (χ4v) is 4.71. The quantitative estimate of drug-likeness (QED) is 0.355. The number of rotatable bonds is 7. The average molecular weight is 596 g/mol. The van der Waals surface area contributed by atoms with Crippen molar-refractivity contribution in [2.75, 3.05) is 32.9 Å². The van der Waals surface area contributed by atoms with Gasteiger partial charge in [0, 0.05) is 23.5 Å². The SMILES string of the molecule is CC[C@@H](C)c1nc2ccc(Br)cc2c(=O)n1N=Cc1cc(Cl)c(OCC(=O)N2CCOCC2)c(Cl)c1. The summed E-state index contributed by atoms with van der Waals surface area (Å²) in [4.78, 5) is 32.0. The van der Waals surface area contributed by atoms with Crippen LogP contribution >= 0.6 is 39.1 Å². The number of fused-ring (bicyclic) bond motifs is 1. The number of ether oxygens (including phenoxy) is 2. The van der Waals surface area contributed by atoms with Crippen molar-refractivity contribution in [2.24, 2.45) is 5.10 Å². The number of hydrogen-bond donors (Lipinski definition) is 0. The lowest BCUT2D eigenvalue weighted by atomic mass is 10.1. The van der Waals surface area contributed by atoms with E-state index in [0.29, 0.717) is 48.6 Å². The van der Waals surface area contributed by atoms with E-state index in [0.717, 1.165) is 10.9 Å². The highest BCUT2D eigenvalue weighted by Crippen LogP contribution is 2.34. The molecule has 0 spiro atoms. The van der Waals surface area contributed by atoms with Crippen molar-refractivity contribution < 1.29 is 14.3 Å². The average Bonchev–Trinajstić information content (AvgIpc) is 2.87. The van der Waals surface area contributed by atoms with Gasteiger partial charge in [0.05, 0.1) is 40.4 Å². The Kier molecular flexibility index (Phi) is 8.66. The van der Waals surface area contributed by atoms with E-state index in [2.05, 4.69) is 21.0 Å². The van der Waals surface area contributed by atoms with Crippen LogP contribution in [0.25, 0.3) is 10.9 Å². The van der Waals surface area contributed by atoms with Gasteiger partial charge in [0.15, 0.2) is 12.4 Å². The summed E-state index contributed by atoms with van der Waals surface area (Å²) < 4.78 is 13.0. The normalized spacial score (nSPS) is 15.0. The molecular formula is C25H25BrCl2N4O4. The second kappa shape index (κ2) is 11.7. The van der Waals surface area contributed by atoms with Crippen molar-refractivity contribution in [2.45, 2.75) is 26.2 Å². The van der Waals surface area contributed by atoms with Crippen molar-refractivity contribution in [3.63, 3.8) is 0 Å². The summed E-state index contributed by atoms with van der Waals surface area (Å²) in [6, 6.07) is 8.62. The lowest BCUT2D eigenvalue weighted by Gasteiger charge is -2.26. The van der Waals surface area contributed by atoms with Crippen LogP contribution in [0.15, 0.2) is 44.7 Å². The van der Waals surface area contributed by atoms with Crippen molar-refractivity contribution in [3.05, 3.63) is 66.6 Å². The Balaban J connectivity index is 1.60. The number of morpholine rings is 1. The second-order valence-electron chi connectivity index (χ2n) is 8.40. The summed E-state index contributed by atoms with van der Waals surface area (Å²) in [5, 5.41) is 5.36. The molecule has 4 rings (SSSR count). The van der Waals surface area contributed by atoms with Gasteiger partial charge in [-0.2, -0.15) is 9.78 Å². The summed E-state index contributed by atoms with van der Waals surface area (Å²) in [5.41, 5.74) is 0.906. The van der Waals surface area contributed by atoms with Gasteiger partial charge in [-0.25, -0.2) is 4.98 Å². The Labute approximate surface area is 226 Å². The molecule has 0 saturated carbocycles. The molecule has 1 atom stereocenters. The summed E-state index contributed by atoms with van der Waals surface area (Å²) >= 11 is 16.2. The first-order valence-corrected chi connectivity index (χ1v) is 13.1. The van der Waals surface area contributed by atoms with E-state index in [-0.39, 0.29) is 39.8 Å². The van der Waals surface area contributed by atoms with E-state index in [9.17, 15) is 9.59 Å². The minimum Gasteiger partial charge on any atom is -0.481 e. The fourth-order valence-electron chi connectivity index (χ4n) is 3.73. The maximum absolute atomic E-state index is 13.3. The molecule has 36 heavy (non-hydrogen) atoms. The Morgan fingerprint density at radius 3 is 2.61 bits per heavy atom. The summed E-state index contributed by atoms with van der Waals surface area (Å²) in [6.45, 7) is 5.91. The van der Waals surface area contributed by atoms with E-state index < -0.39 is 0 Å². The van der Waals surface area contributed by atoms with E-state index in [1.807, 2.05) is 26.0 Å². The topological polar surface area (TPSA) is 86.0 Å². The molecule has 0 N–H and O–H groups in total. The van der Waals surface area contributed by atoms with Gasteiger partial charge in [0.25, 0.3) is 11.5 Å². The van der Waals surface area contributed by atoms with E-state index in [1.165, 1.54) is 10.9 Å². The van der Waals surface area contributed by atoms with Crippen LogP contribution in [0.1, 0.15) is 37.6 Å². The van der Waals surface area contributed by atoms with Gasteiger partial charge in [0.1, 0.15) is 5.82 Å². The molecule has 1 aromatic heterocycles. The maximum atomic E-state index is 13.3. The Morgan fingerprint density at radius 1 is 1.25 bits per heavy atom. The Hall–Kier alpha value is -2.46. The molecule has 1 saturated heterocycles. The highest BCUT2D eigenvalue weighted by Gasteiger charge is 2.19. The number of hydrogen-bond acceptors (Lipinski definition) is 6. The van der Waals surface area contributed by atoms with Crippen LogP contribution in [0.3, 0.4) is 0 Å². The number of halogens is 3. The number of nitrogens with zero attached hydrogens (tertiary/aromatic N) is 4. The van der Waals surface area contributed by atoms with Crippen LogP contribution in [-0.2, 0) is 9.53 Å². The third-order valence-electron chi connectivity index (χ3n) is 5.93. The minimum atomic E-state index is -0.272. The van der Waals surface area contributed by atoms with Crippen LogP contribution < -0.4 is 10.3 Å². The Bertz CT molecular complexity index is 1350. The molecule has 190 valence electrons. The molecule has 0 aliphatic carbocycles. The molecule has 1 fully saturated rings. The molecule has 0 radical (unpaired) electrons. The van der Waals surface area contributed by atoms with Gasteiger partial charge in [-0.05, 0) is 42.3 Å². The number of aromatic nitrogens is 2. The lowest BCUT2D eigenvalue weighted by Crippen LogP contribution is -2.43. The predicted molar refractivity (Wildman–Crippen MR) is 145 cm³/mol. The molecule has 1 amide bonds. The van der Waals surface area contributed by atoms with Crippen LogP contribution in [0, 0.1) is 0 Å². The minimum absolute atomic E-state index is 0.00912. The largest absolute Gasteiger partial charge is 0.481 e. The maximum Gasteiger partial charge on any atom is 0.282 e. The summed E-state index contributed by atoms with van der Waals surface area (Å²) in [5.74, 6) is 0.623. The molecule has 11 heteroatoms. The van der Waals surface area contributed by atoms with Crippen molar-refractivity contribution in [1.29, 1.82) is 0 Å². The van der Waals surface area contributed by atoms with Gasteiger partial charge in [-0.15, -0.1) is 0 Å². The van der Waals surface area contributed by atoms with Crippen LogP contribution in [0.5, 0.6) is 5.75 Å². The number of carbonyl (C=O) groups excluding carboxylic acids is 1. The lowest BCUT2D eigenvalue weighted by molar-refractivity contribution is -0.137. The fraction of sp³-hybridized carbons (Fsp3) is 0.360. The van der Waals surface area contributed by atoms with E-state index in [1.54, 1.807) is 23.1 Å². The van der Waals surface area contributed by atoms with Crippen molar-refractivity contribution >= 4 is 62.2 Å². The van der Waals surface area contributed by atoms with Gasteiger partial charge < -0.3 is 14.4 Å². The monoisotopic (exact) mass is 594 g/mol. The molecule has 2 aromatic carbocycles. The first kappa shape index (κ1) is 26.6. The smallest absolute Gasteiger partial charge is 0.282 e. The van der Waals surface area contributed by atoms with Crippen LogP contribution in [0.4, 0.5) is 0 Å². The van der Waals surface area contributed by atoms with Crippen molar-refractivity contribution in [1.82, 2.24) is 14.6 Å². The van der Waals surface area contributed by atoms with Crippen molar-refractivity contribution in [3.8, 4) is 5.75 Å². The molecule has 2 heterocycles. The standard InChI is InChI=1S/C25H25BrCl2N4O4/c1-3-15(2)24-30-21-5-4-17(26)12-18(21)25(34)32(24)29-13-16-10-19(27)23(20(28)11-16)36-14-22(33)31-6-8-35-9-7-31/h4-5,10-13,15H,3,6-9,14H2,1-2H3/t15-/m1/s1. The van der Waals surface area contributed by atoms with E-state index in [4.69, 9.17) is 37.7 Å². The summed E-state index contributed by atoms with van der Waals surface area (Å²) in [6.07, 6.45) is 2.29. The highest BCUT2D eigenvalue weighted by molar-refractivity contribution is 9.10. The van der Waals surface area contributed by atoms with Gasteiger partial charge in [0.2, 0.25) is 0 Å². The number of amides is 1.